The number of piperidine rings is 1. The molecule has 1 aliphatic heterocycles. The topological polar surface area (TPSA) is 78.5 Å². The third-order valence-corrected chi connectivity index (χ3v) is 8.88. The van der Waals surface area contributed by atoms with Crippen molar-refractivity contribution in [2.24, 2.45) is 0 Å². The van der Waals surface area contributed by atoms with Gasteiger partial charge in [0.2, 0.25) is 0 Å². The zero-order valence-corrected chi connectivity index (χ0v) is 19.5. The van der Waals surface area contributed by atoms with Crippen molar-refractivity contribution >= 4 is 38.9 Å². The van der Waals surface area contributed by atoms with Crippen LogP contribution in [0.3, 0.4) is 0 Å². The van der Waals surface area contributed by atoms with E-state index in [0.717, 1.165) is 37.1 Å². The van der Waals surface area contributed by atoms with E-state index in [1.165, 1.54) is 11.3 Å². The summed E-state index contributed by atoms with van der Waals surface area (Å²) in [7, 11) is -3.49. The van der Waals surface area contributed by atoms with Gasteiger partial charge in [-0.05, 0) is 62.2 Å². The summed E-state index contributed by atoms with van der Waals surface area (Å²) in [6, 6.07) is 10.4. The summed E-state index contributed by atoms with van der Waals surface area (Å²) in [5.41, 5.74) is 0.513. The molecule has 0 radical (unpaired) electrons. The lowest BCUT2D eigenvalue weighted by atomic mass is 10.1. The van der Waals surface area contributed by atoms with Gasteiger partial charge in [-0.1, -0.05) is 24.9 Å². The number of amides is 1. The molecule has 2 aromatic rings. The fourth-order valence-corrected chi connectivity index (χ4v) is 6.42. The standard InChI is InChI=1S/C21H28ClN3O3S2/c1-2-3-12-23-18-10-13-25(14-11-18)30(27,28)20-9-8-19(29-20)15-24-21(26)16-4-6-17(22)7-5-16/h4-9,18,23H,2-3,10-15H2,1H3,(H,24,26). The van der Waals surface area contributed by atoms with Crippen LogP contribution in [-0.2, 0) is 16.6 Å². The lowest BCUT2D eigenvalue weighted by Crippen LogP contribution is -2.44. The molecule has 1 aromatic heterocycles. The van der Waals surface area contributed by atoms with Crippen molar-refractivity contribution in [3.05, 3.63) is 51.9 Å². The van der Waals surface area contributed by atoms with Crippen LogP contribution in [0.25, 0.3) is 0 Å². The van der Waals surface area contributed by atoms with Gasteiger partial charge < -0.3 is 10.6 Å². The Morgan fingerprint density at radius 1 is 1.17 bits per heavy atom. The number of carbonyl (C=O) groups excluding carboxylic acids is 1. The van der Waals surface area contributed by atoms with E-state index in [9.17, 15) is 13.2 Å². The highest BCUT2D eigenvalue weighted by molar-refractivity contribution is 7.91. The smallest absolute Gasteiger partial charge is 0.252 e. The Balaban J connectivity index is 1.53. The molecule has 2 N–H and O–H groups in total. The average Bonchev–Trinajstić information content (AvgIpc) is 3.23. The maximum Gasteiger partial charge on any atom is 0.252 e. The van der Waals surface area contributed by atoms with Crippen molar-refractivity contribution in [1.29, 1.82) is 0 Å². The van der Waals surface area contributed by atoms with Crippen molar-refractivity contribution in [1.82, 2.24) is 14.9 Å². The van der Waals surface area contributed by atoms with Crippen molar-refractivity contribution in [3.8, 4) is 0 Å². The van der Waals surface area contributed by atoms with Crippen LogP contribution in [0.15, 0.2) is 40.6 Å². The number of thiophene rings is 1. The number of nitrogens with one attached hydrogen (secondary N) is 2. The summed E-state index contributed by atoms with van der Waals surface area (Å²) in [4.78, 5) is 13.0. The third kappa shape index (κ3) is 6.04. The second kappa shape index (κ2) is 10.7. The maximum absolute atomic E-state index is 13.0. The molecule has 1 amide bonds. The molecule has 164 valence electrons. The highest BCUT2D eigenvalue weighted by Crippen LogP contribution is 2.27. The highest BCUT2D eigenvalue weighted by atomic mass is 35.5. The van der Waals surface area contributed by atoms with E-state index in [1.54, 1.807) is 40.7 Å². The van der Waals surface area contributed by atoms with Gasteiger partial charge in [-0.15, -0.1) is 11.3 Å². The van der Waals surface area contributed by atoms with E-state index < -0.39 is 10.0 Å². The largest absolute Gasteiger partial charge is 0.347 e. The lowest BCUT2D eigenvalue weighted by molar-refractivity contribution is 0.0951. The second-order valence-corrected chi connectivity index (χ2v) is 11.2. The van der Waals surface area contributed by atoms with Gasteiger partial charge in [0.05, 0.1) is 6.54 Å². The highest BCUT2D eigenvalue weighted by Gasteiger charge is 2.30. The first-order valence-corrected chi connectivity index (χ1v) is 12.9. The van der Waals surface area contributed by atoms with Crippen LogP contribution in [-0.4, -0.2) is 44.3 Å². The molecule has 0 atom stereocenters. The first kappa shape index (κ1) is 23.2. The zero-order valence-electron chi connectivity index (χ0n) is 17.1. The second-order valence-electron chi connectivity index (χ2n) is 7.40. The van der Waals surface area contributed by atoms with Crippen molar-refractivity contribution < 1.29 is 13.2 Å². The minimum atomic E-state index is -3.49. The molecule has 0 aliphatic carbocycles. The number of benzene rings is 1. The summed E-state index contributed by atoms with van der Waals surface area (Å²) < 4.78 is 27.9. The molecule has 0 bridgehead atoms. The fourth-order valence-electron chi connectivity index (χ4n) is 3.37. The number of hydrogen-bond acceptors (Lipinski definition) is 5. The molecule has 2 heterocycles. The summed E-state index contributed by atoms with van der Waals surface area (Å²) in [5, 5.41) is 6.91. The van der Waals surface area contributed by atoms with Crippen LogP contribution < -0.4 is 10.6 Å². The average molecular weight is 470 g/mol. The molecule has 1 saturated heterocycles. The number of carbonyl (C=O) groups is 1. The SMILES string of the molecule is CCCCNC1CCN(S(=O)(=O)c2ccc(CNC(=O)c3ccc(Cl)cc3)s2)CC1. The number of sulfonamides is 1. The third-order valence-electron chi connectivity index (χ3n) is 5.18. The Bertz CT molecular complexity index is 937. The number of hydrogen-bond donors (Lipinski definition) is 2. The normalized spacial score (nSPS) is 15.9. The maximum atomic E-state index is 13.0. The van der Waals surface area contributed by atoms with Crippen LogP contribution in [0.5, 0.6) is 0 Å². The van der Waals surface area contributed by atoms with Gasteiger partial charge in [0.1, 0.15) is 4.21 Å². The lowest BCUT2D eigenvalue weighted by Gasteiger charge is -2.31. The van der Waals surface area contributed by atoms with Crippen LogP contribution >= 0.6 is 22.9 Å². The molecule has 0 spiro atoms. The van der Waals surface area contributed by atoms with E-state index in [4.69, 9.17) is 11.6 Å². The summed E-state index contributed by atoms with van der Waals surface area (Å²) in [6.45, 7) is 4.50. The van der Waals surface area contributed by atoms with Gasteiger partial charge in [-0.3, -0.25) is 4.79 Å². The van der Waals surface area contributed by atoms with E-state index in [0.29, 0.717) is 33.9 Å². The number of halogens is 1. The molecule has 1 fully saturated rings. The van der Waals surface area contributed by atoms with Gasteiger partial charge in [0.15, 0.2) is 0 Å². The van der Waals surface area contributed by atoms with Gasteiger partial charge in [0.25, 0.3) is 15.9 Å². The van der Waals surface area contributed by atoms with Gasteiger partial charge in [-0.25, -0.2) is 8.42 Å². The van der Waals surface area contributed by atoms with Crippen molar-refractivity contribution in [3.63, 3.8) is 0 Å². The Labute approximate surface area is 187 Å². The van der Waals surface area contributed by atoms with E-state index in [1.807, 2.05) is 0 Å². The summed E-state index contributed by atoms with van der Waals surface area (Å²) in [5.74, 6) is -0.220. The molecule has 0 saturated carbocycles. The Morgan fingerprint density at radius 2 is 1.87 bits per heavy atom. The fraction of sp³-hybridized carbons (Fsp3) is 0.476. The molecule has 9 heteroatoms. The van der Waals surface area contributed by atoms with Crippen LogP contribution in [0, 0.1) is 0 Å². The molecule has 6 nitrogen and oxygen atoms in total. The van der Waals surface area contributed by atoms with E-state index in [2.05, 4.69) is 17.6 Å². The van der Waals surface area contributed by atoms with E-state index >= 15 is 0 Å². The van der Waals surface area contributed by atoms with Gasteiger partial charge in [-0.2, -0.15) is 4.31 Å². The van der Waals surface area contributed by atoms with E-state index in [-0.39, 0.29) is 12.5 Å². The monoisotopic (exact) mass is 469 g/mol. The predicted molar refractivity (Wildman–Crippen MR) is 122 cm³/mol. The molecule has 3 rings (SSSR count). The van der Waals surface area contributed by atoms with Crippen molar-refractivity contribution in [2.75, 3.05) is 19.6 Å². The molecule has 30 heavy (non-hydrogen) atoms. The molecule has 1 aromatic carbocycles. The zero-order chi connectivity index (χ0) is 21.6. The Kier molecular flexibility index (Phi) is 8.30. The molecular formula is C21H28ClN3O3S2. The predicted octanol–water partition coefficient (Wildman–Crippen LogP) is 3.87. The Hall–Kier alpha value is -1.45. The minimum absolute atomic E-state index is 0.220. The Morgan fingerprint density at radius 3 is 2.53 bits per heavy atom. The number of rotatable bonds is 9. The van der Waals surface area contributed by atoms with Crippen molar-refractivity contribution in [2.45, 2.75) is 49.4 Å². The molecule has 0 unspecified atom stereocenters. The first-order valence-electron chi connectivity index (χ1n) is 10.3. The quantitative estimate of drug-likeness (QED) is 0.546. The van der Waals surface area contributed by atoms with Crippen LogP contribution in [0.1, 0.15) is 47.8 Å². The number of unbranched alkanes of at least 4 members (excludes halogenated alkanes) is 1. The van der Waals surface area contributed by atoms with Crippen LogP contribution in [0.2, 0.25) is 5.02 Å². The van der Waals surface area contributed by atoms with Gasteiger partial charge >= 0.3 is 0 Å². The summed E-state index contributed by atoms with van der Waals surface area (Å²) in [6.07, 6.45) is 3.96. The first-order chi connectivity index (χ1) is 14.4. The molecule has 1 aliphatic rings. The van der Waals surface area contributed by atoms with Crippen LogP contribution in [0.4, 0.5) is 0 Å². The number of nitrogens with zero attached hydrogens (tertiary/aromatic N) is 1. The summed E-state index contributed by atoms with van der Waals surface area (Å²) >= 11 is 7.05. The molecular weight excluding hydrogens is 442 g/mol. The van der Waals surface area contributed by atoms with Gasteiger partial charge in [0, 0.05) is 34.6 Å². The minimum Gasteiger partial charge on any atom is -0.347 e.